The van der Waals surface area contributed by atoms with Crippen molar-refractivity contribution in [2.45, 2.75) is 13.3 Å². The summed E-state index contributed by atoms with van der Waals surface area (Å²) >= 11 is 4.37. The van der Waals surface area contributed by atoms with Crippen LogP contribution in [0.15, 0.2) is 4.99 Å². The molecule has 0 saturated heterocycles. The first kappa shape index (κ1) is 10.3. The number of carbonyl (C=O) groups is 1. The second-order valence-electron chi connectivity index (χ2n) is 2.19. The average Bonchev–Trinajstić information content (AvgIpc) is 2.03. The van der Waals surface area contributed by atoms with Gasteiger partial charge in [0.2, 0.25) is 0 Å². The summed E-state index contributed by atoms with van der Waals surface area (Å²) in [7, 11) is 1.38. The van der Waals surface area contributed by atoms with Crippen LogP contribution >= 0.6 is 12.2 Å². The largest absolute Gasteiger partial charge is 0.469 e. The Labute approximate surface area is 71.5 Å². The van der Waals surface area contributed by atoms with Gasteiger partial charge in [-0.1, -0.05) is 6.92 Å². The first-order valence-electron chi connectivity index (χ1n) is 3.33. The molecule has 1 unspecified atom stereocenters. The molecule has 0 radical (unpaired) electrons. The first-order chi connectivity index (χ1) is 5.22. The highest BCUT2D eigenvalue weighted by Crippen LogP contribution is 2.03. The molecule has 0 heterocycles. The van der Waals surface area contributed by atoms with Crippen molar-refractivity contribution in [2.24, 2.45) is 10.9 Å². The Kier molecular flexibility index (Phi) is 5.61. The molecule has 62 valence electrons. The molecule has 0 spiro atoms. The Hall–Kier alpha value is -0.730. The molecule has 3 nitrogen and oxygen atoms in total. The van der Waals surface area contributed by atoms with Gasteiger partial charge in [-0.2, -0.15) is 0 Å². The van der Waals surface area contributed by atoms with Gasteiger partial charge in [0.05, 0.1) is 24.7 Å². The maximum atomic E-state index is 10.8. The first-order valence-corrected chi connectivity index (χ1v) is 3.74. The summed E-state index contributed by atoms with van der Waals surface area (Å²) in [6.45, 7) is 2.34. The molecule has 0 aliphatic carbocycles. The predicted molar refractivity (Wildman–Crippen MR) is 45.7 cm³/mol. The van der Waals surface area contributed by atoms with Crippen LogP contribution in [0.3, 0.4) is 0 Å². The molecule has 0 fully saturated rings. The number of rotatable bonds is 4. The van der Waals surface area contributed by atoms with Crippen LogP contribution in [0.5, 0.6) is 0 Å². The maximum absolute atomic E-state index is 10.8. The van der Waals surface area contributed by atoms with Crippen LogP contribution in [0, 0.1) is 5.92 Å². The van der Waals surface area contributed by atoms with Gasteiger partial charge in [0.1, 0.15) is 0 Å². The number of esters is 1. The predicted octanol–water partition coefficient (Wildman–Crippen LogP) is 1.29. The van der Waals surface area contributed by atoms with Crippen LogP contribution in [0.4, 0.5) is 0 Å². The molecule has 0 amide bonds. The summed E-state index contributed by atoms with van der Waals surface area (Å²) < 4.78 is 4.52. The third-order valence-electron chi connectivity index (χ3n) is 1.34. The van der Waals surface area contributed by atoms with Crippen LogP contribution < -0.4 is 0 Å². The molecule has 0 rings (SSSR count). The standard InChI is InChI=1S/C7H11NO2S/c1-6(7(9)10-2)3-4-8-5-11/h6H,3-4H2,1-2H3. The Morgan fingerprint density at radius 3 is 2.91 bits per heavy atom. The highest BCUT2D eigenvalue weighted by Gasteiger charge is 2.11. The summed E-state index contributed by atoms with van der Waals surface area (Å²) in [6.07, 6.45) is 0.663. The number of ether oxygens (including phenoxy) is 1. The monoisotopic (exact) mass is 173 g/mol. The molecule has 0 bridgehead atoms. The van der Waals surface area contributed by atoms with Crippen molar-refractivity contribution in [3.8, 4) is 0 Å². The van der Waals surface area contributed by atoms with Crippen LogP contribution in [-0.4, -0.2) is 24.8 Å². The van der Waals surface area contributed by atoms with E-state index in [9.17, 15) is 4.79 Å². The van der Waals surface area contributed by atoms with E-state index < -0.39 is 0 Å². The van der Waals surface area contributed by atoms with E-state index in [2.05, 4.69) is 27.1 Å². The fourth-order valence-corrected chi connectivity index (χ4v) is 0.714. The van der Waals surface area contributed by atoms with Crippen molar-refractivity contribution in [2.75, 3.05) is 13.7 Å². The van der Waals surface area contributed by atoms with Crippen LogP contribution in [0.2, 0.25) is 0 Å². The van der Waals surface area contributed by atoms with Gasteiger partial charge in [-0.25, -0.2) is 4.99 Å². The van der Waals surface area contributed by atoms with Gasteiger partial charge in [-0.15, -0.1) is 0 Å². The summed E-state index contributed by atoms with van der Waals surface area (Å²) in [5, 5.41) is 2.24. The van der Waals surface area contributed by atoms with E-state index in [0.717, 1.165) is 0 Å². The number of nitrogens with zero attached hydrogens (tertiary/aromatic N) is 1. The van der Waals surface area contributed by atoms with Gasteiger partial charge < -0.3 is 4.74 Å². The van der Waals surface area contributed by atoms with Gasteiger partial charge in [0.25, 0.3) is 0 Å². The lowest BCUT2D eigenvalue weighted by Gasteiger charge is -2.05. The van der Waals surface area contributed by atoms with E-state index >= 15 is 0 Å². The number of hydrogen-bond acceptors (Lipinski definition) is 4. The van der Waals surface area contributed by atoms with E-state index in [4.69, 9.17) is 0 Å². The van der Waals surface area contributed by atoms with Crippen molar-refractivity contribution in [3.05, 3.63) is 0 Å². The van der Waals surface area contributed by atoms with Crippen LogP contribution in [0.25, 0.3) is 0 Å². The summed E-state index contributed by atoms with van der Waals surface area (Å²) in [5.41, 5.74) is 0. The Balaban J connectivity index is 3.59. The lowest BCUT2D eigenvalue weighted by Crippen LogP contribution is -2.13. The molecule has 0 aromatic heterocycles. The smallest absolute Gasteiger partial charge is 0.308 e. The third kappa shape index (κ3) is 4.65. The Morgan fingerprint density at radius 1 is 1.82 bits per heavy atom. The van der Waals surface area contributed by atoms with Crippen molar-refractivity contribution < 1.29 is 9.53 Å². The zero-order valence-corrected chi connectivity index (χ0v) is 7.48. The Morgan fingerprint density at radius 2 is 2.45 bits per heavy atom. The summed E-state index contributed by atoms with van der Waals surface area (Å²) in [6, 6.07) is 0. The van der Waals surface area contributed by atoms with Crippen LogP contribution in [0.1, 0.15) is 13.3 Å². The minimum absolute atomic E-state index is 0.105. The van der Waals surface area contributed by atoms with Gasteiger partial charge in [-0.3, -0.25) is 4.79 Å². The van der Waals surface area contributed by atoms with Gasteiger partial charge in [0, 0.05) is 0 Å². The number of thiocarbonyl (C=S) groups is 1. The number of hydrogen-bond donors (Lipinski definition) is 0. The molecule has 11 heavy (non-hydrogen) atoms. The third-order valence-corrected chi connectivity index (χ3v) is 1.47. The SMILES string of the molecule is COC(=O)C(C)CCN=C=S. The van der Waals surface area contributed by atoms with E-state index in [1.807, 2.05) is 0 Å². The topological polar surface area (TPSA) is 38.7 Å². The van der Waals surface area contributed by atoms with E-state index in [1.165, 1.54) is 7.11 Å². The quantitative estimate of drug-likeness (QED) is 0.365. The van der Waals surface area contributed by atoms with Crippen molar-refractivity contribution in [3.63, 3.8) is 0 Å². The lowest BCUT2D eigenvalue weighted by atomic mass is 10.1. The van der Waals surface area contributed by atoms with Gasteiger partial charge >= 0.3 is 5.97 Å². The molecule has 4 heteroatoms. The molecule has 0 aliphatic heterocycles. The van der Waals surface area contributed by atoms with Crippen molar-refractivity contribution in [1.82, 2.24) is 0 Å². The fourth-order valence-electron chi connectivity index (χ4n) is 0.623. The summed E-state index contributed by atoms with van der Waals surface area (Å²) in [4.78, 5) is 14.5. The van der Waals surface area contributed by atoms with Crippen molar-refractivity contribution in [1.29, 1.82) is 0 Å². The minimum atomic E-state index is -0.204. The molecule has 0 aliphatic rings. The molecule has 0 aromatic carbocycles. The zero-order valence-electron chi connectivity index (χ0n) is 6.66. The second kappa shape index (κ2) is 6.01. The normalized spacial score (nSPS) is 11.5. The second-order valence-corrected chi connectivity index (χ2v) is 2.37. The highest BCUT2D eigenvalue weighted by atomic mass is 32.1. The molecule has 0 aromatic rings. The van der Waals surface area contributed by atoms with E-state index in [1.54, 1.807) is 6.92 Å². The molecular weight excluding hydrogens is 162 g/mol. The lowest BCUT2D eigenvalue weighted by molar-refractivity contribution is -0.144. The molecular formula is C7H11NO2S. The number of aliphatic imine (C=N–C) groups is 1. The molecule has 1 atom stereocenters. The highest BCUT2D eigenvalue weighted by molar-refractivity contribution is 7.78. The van der Waals surface area contributed by atoms with E-state index in [-0.39, 0.29) is 11.9 Å². The fraction of sp³-hybridized carbons (Fsp3) is 0.714. The van der Waals surface area contributed by atoms with Gasteiger partial charge in [0.15, 0.2) is 0 Å². The minimum Gasteiger partial charge on any atom is -0.469 e. The average molecular weight is 173 g/mol. The van der Waals surface area contributed by atoms with Crippen molar-refractivity contribution >= 4 is 23.3 Å². The maximum Gasteiger partial charge on any atom is 0.308 e. The zero-order chi connectivity index (χ0) is 8.69. The van der Waals surface area contributed by atoms with Crippen LogP contribution in [-0.2, 0) is 9.53 Å². The number of carbonyl (C=O) groups excluding carboxylic acids is 1. The van der Waals surface area contributed by atoms with E-state index in [0.29, 0.717) is 13.0 Å². The molecule has 0 saturated carbocycles. The van der Waals surface area contributed by atoms with Gasteiger partial charge in [-0.05, 0) is 18.6 Å². The Bertz CT molecular complexity index is 175. The summed E-state index contributed by atoms with van der Waals surface area (Å²) in [5.74, 6) is -0.309. The molecule has 0 N–H and O–H groups in total. The number of methoxy groups -OCH3 is 1. The number of isothiocyanates is 1.